The van der Waals surface area contributed by atoms with Crippen LogP contribution >= 0.6 is 0 Å². The molecule has 0 amide bonds. The first-order valence-electron chi connectivity index (χ1n) is 7.22. The second-order valence-electron chi connectivity index (χ2n) is 5.46. The minimum atomic E-state index is -3.81. The summed E-state index contributed by atoms with van der Waals surface area (Å²) in [5.41, 5.74) is 0.251. The van der Waals surface area contributed by atoms with Crippen LogP contribution in [0.5, 0.6) is 0 Å². The van der Waals surface area contributed by atoms with Gasteiger partial charge >= 0.3 is 11.9 Å². The van der Waals surface area contributed by atoms with Crippen LogP contribution in [-0.2, 0) is 19.6 Å². The van der Waals surface area contributed by atoms with E-state index in [4.69, 9.17) is 0 Å². The number of ether oxygens (including phenoxy) is 1. The van der Waals surface area contributed by atoms with Crippen molar-refractivity contribution >= 4 is 22.0 Å². The van der Waals surface area contributed by atoms with E-state index in [1.54, 1.807) is 6.92 Å². The second kappa shape index (κ2) is 6.67. The van der Waals surface area contributed by atoms with Gasteiger partial charge in [-0.25, -0.2) is 13.2 Å². The summed E-state index contributed by atoms with van der Waals surface area (Å²) in [5, 5.41) is 9.21. The summed E-state index contributed by atoms with van der Waals surface area (Å²) in [6.45, 7) is 1.89. The molecule has 0 unspecified atom stereocenters. The number of rotatable bonds is 4. The molecule has 0 aromatic heterocycles. The molecule has 126 valence electrons. The Hall–Kier alpha value is -1.93. The normalized spacial score (nSPS) is 22.5. The predicted molar refractivity (Wildman–Crippen MR) is 81.5 cm³/mol. The Morgan fingerprint density at radius 1 is 1.26 bits per heavy atom. The van der Waals surface area contributed by atoms with E-state index in [2.05, 4.69) is 4.74 Å². The summed E-state index contributed by atoms with van der Waals surface area (Å²) in [4.78, 5) is 22.7. The zero-order valence-corrected chi connectivity index (χ0v) is 13.7. The Bertz CT molecular complexity index is 697. The lowest BCUT2D eigenvalue weighted by molar-refractivity contribution is -0.144. The number of nitrogens with zero attached hydrogens (tertiary/aromatic N) is 1. The maximum absolute atomic E-state index is 12.7. The molecule has 2 rings (SSSR count). The fraction of sp³-hybridized carbons (Fsp3) is 0.467. The van der Waals surface area contributed by atoms with Crippen LogP contribution in [0, 0.1) is 5.92 Å². The molecule has 8 heteroatoms. The average Bonchev–Trinajstić information content (AvgIpc) is 2.54. The van der Waals surface area contributed by atoms with Gasteiger partial charge in [-0.1, -0.05) is 0 Å². The van der Waals surface area contributed by atoms with Crippen LogP contribution in [0.15, 0.2) is 29.2 Å². The number of hydrogen-bond donors (Lipinski definition) is 1. The van der Waals surface area contributed by atoms with Gasteiger partial charge < -0.3 is 9.84 Å². The molecule has 0 radical (unpaired) electrons. The summed E-state index contributed by atoms with van der Waals surface area (Å²) in [6.07, 6.45) is 0.963. The molecule has 1 fully saturated rings. The Kier molecular flexibility index (Phi) is 5.06. The number of hydrogen-bond acceptors (Lipinski definition) is 5. The number of sulfonamides is 1. The number of carboxylic acid groups (broad SMARTS) is 1. The van der Waals surface area contributed by atoms with Gasteiger partial charge in [0.15, 0.2) is 0 Å². The van der Waals surface area contributed by atoms with Crippen molar-refractivity contribution in [3.63, 3.8) is 0 Å². The molecule has 1 N–H and O–H groups in total. The zero-order valence-electron chi connectivity index (χ0n) is 12.9. The van der Waals surface area contributed by atoms with Gasteiger partial charge in [-0.2, -0.15) is 4.31 Å². The van der Waals surface area contributed by atoms with Gasteiger partial charge in [-0.05, 0) is 44.0 Å². The van der Waals surface area contributed by atoms with Gasteiger partial charge in [0.25, 0.3) is 0 Å². The quantitative estimate of drug-likeness (QED) is 0.830. The molecule has 7 nitrogen and oxygen atoms in total. The van der Waals surface area contributed by atoms with Crippen molar-refractivity contribution < 1.29 is 27.9 Å². The number of carbonyl (C=O) groups excluding carboxylic acids is 1. The first-order chi connectivity index (χ1) is 10.8. The number of methoxy groups -OCH3 is 1. The van der Waals surface area contributed by atoms with Crippen LogP contribution in [0.1, 0.15) is 30.1 Å². The van der Waals surface area contributed by atoms with E-state index in [1.165, 1.54) is 35.7 Å². The van der Waals surface area contributed by atoms with Crippen molar-refractivity contribution in [3.8, 4) is 0 Å². The first kappa shape index (κ1) is 17.4. The third-order valence-corrected chi connectivity index (χ3v) is 6.13. The highest BCUT2D eigenvalue weighted by molar-refractivity contribution is 7.89. The maximum atomic E-state index is 12.7. The van der Waals surface area contributed by atoms with Crippen molar-refractivity contribution in [2.45, 2.75) is 30.7 Å². The lowest BCUT2D eigenvalue weighted by Gasteiger charge is -2.36. The van der Waals surface area contributed by atoms with E-state index in [1.807, 2.05) is 0 Å². The number of aliphatic carboxylic acids is 1. The Labute approximate surface area is 134 Å². The van der Waals surface area contributed by atoms with Crippen LogP contribution < -0.4 is 0 Å². The van der Waals surface area contributed by atoms with Crippen LogP contribution in [0.2, 0.25) is 0 Å². The van der Waals surface area contributed by atoms with Gasteiger partial charge in [0.1, 0.15) is 0 Å². The summed E-state index contributed by atoms with van der Waals surface area (Å²) in [5.74, 6) is -2.25. The highest BCUT2D eigenvalue weighted by Gasteiger charge is 2.39. The molecule has 1 aromatic rings. The average molecular weight is 341 g/mol. The number of benzene rings is 1. The van der Waals surface area contributed by atoms with E-state index in [9.17, 15) is 23.1 Å². The molecule has 2 atom stereocenters. The standard InChI is InChI=1S/C15H19NO6S/c1-10-13(14(17)18)4-3-9-16(10)23(20,21)12-7-5-11(6-8-12)15(19)22-2/h5-8,10,13H,3-4,9H2,1-2H3,(H,17,18)/t10-,13-/m0/s1. The number of esters is 1. The highest BCUT2D eigenvalue weighted by Crippen LogP contribution is 2.29. The monoisotopic (exact) mass is 341 g/mol. The fourth-order valence-electron chi connectivity index (χ4n) is 2.80. The van der Waals surface area contributed by atoms with E-state index in [0.717, 1.165) is 0 Å². The fourth-order valence-corrected chi connectivity index (χ4v) is 4.50. The van der Waals surface area contributed by atoms with Crippen LogP contribution in [0.25, 0.3) is 0 Å². The first-order valence-corrected chi connectivity index (χ1v) is 8.66. The largest absolute Gasteiger partial charge is 0.481 e. The van der Waals surface area contributed by atoms with Crippen LogP contribution in [0.3, 0.4) is 0 Å². The topological polar surface area (TPSA) is 101 Å². The molecular formula is C15H19NO6S. The van der Waals surface area contributed by atoms with Crippen molar-refractivity contribution in [1.82, 2.24) is 4.31 Å². The lowest BCUT2D eigenvalue weighted by atomic mass is 9.92. The van der Waals surface area contributed by atoms with Crippen molar-refractivity contribution in [1.29, 1.82) is 0 Å². The molecule has 1 heterocycles. The summed E-state index contributed by atoms with van der Waals surface area (Å²) < 4.78 is 31.3. The van der Waals surface area contributed by atoms with E-state index in [-0.39, 0.29) is 17.0 Å². The molecule has 1 saturated heterocycles. The van der Waals surface area contributed by atoms with E-state index in [0.29, 0.717) is 12.8 Å². The second-order valence-corrected chi connectivity index (χ2v) is 7.35. The smallest absolute Gasteiger partial charge is 0.337 e. The molecule has 0 bridgehead atoms. The van der Waals surface area contributed by atoms with E-state index >= 15 is 0 Å². The van der Waals surface area contributed by atoms with Gasteiger partial charge in [-0.15, -0.1) is 0 Å². The molecule has 0 spiro atoms. The molecule has 0 saturated carbocycles. The number of carboxylic acids is 1. The lowest BCUT2D eigenvalue weighted by Crippen LogP contribution is -2.48. The zero-order chi connectivity index (χ0) is 17.2. The molecule has 1 aromatic carbocycles. The van der Waals surface area contributed by atoms with Gasteiger partial charge in [0, 0.05) is 12.6 Å². The summed E-state index contributed by atoms with van der Waals surface area (Å²) in [6, 6.07) is 4.80. The van der Waals surface area contributed by atoms with Crippen LogP contribution in [-0.4, -0.2) is 49.5 Å². The van der Waals surface area contributed by atoms with Crippen molar-refractivity contribution in [2.75, 3.05) is 13.7 Å². The summed E-state index contributed by atoms with van der Waals surface area (Å²) >= 11 is 0. The van der Waals surface area contributed by atoms with Crippen molar-refractivity contribution in [2.24, 2.45) is 5.92 Å². The molecule has 0 aliphatic carbocycles. The Morgan fingerprint density at radius 3 is 2.39 bits per heavy atom. The third-order valence-electron chi connectivity index (χ3n) is 4.13. The third kappa shape index (κ3) is 3.37. The minimum absolute atomic E-state index is 0.0306. The molecule has 1 aliphatic rings. The van der Waals surface area contributed by atoms with E-state index < -0.39 is 33.9 Å². The summed E-state index contributed by atoms with van der Waals surface area (Å²) in [7, 11) is -2.56. The predicted octanol–water partition coefficient (Wildman–Crippen LogP) is 1.35. The minimum Gasteiger partial charge on any atom is -0.481 e. The SMILES string of the molecule is COC(=O)c1ccc(S(=O)(=O)N2CCC[C@H](C(=O)O)[C@@H]2C)cc1. The highest BCUT2D eigenvalue weighted by atomic mass is 32.2. The molecule has 1 aliphatic heterocycles. The number of piperidine rings is 1. The molecule has 23 heavy (non-hydrogen) atoms. The number of carbonyl (C=O) groups is 2. The van der Waals surface area contributed by atoms with Gasteiger partial charge in [-0.3, -0.25) is 4.79 Å². The van der Waals surface area contributed by atoms with Crippen molar-refractivity contribution in [3.05, 3.63) is 29.8 Å². The maximum Gasteiger partial charge on any atom is 0.337 e. The van der Waals surface area contributed by atoms with Gasteiger partial charge in [0.05, 0.1) is 23.5 Å². The Morgan fingerprint density at radius 2 is 1.87 bits per heavy atom. The Balaban J connectivity index is 2.30. The molecular weight excluding hydrogens is 322 g/mol. The van der Waals surface area contributed by atoms with Gasteiger partial charge in [0.2, 0.25) is 10.0 Å². The van der Waals surface area contributed by atoms with Crippen LogP contribution in [0.4, 0.5) is 0 Å².